The first-order valence-electron chi connectivity index (χ1n) is 15.6. The molecule has 13 heteroatoms. The molecular formula is C33H36N2O11. The van der Waals surface area contributed by atoms with Crippen molar-refractivity contribution in [3.05, 3.63) is 58.7 Å². The Morgan fingerprint density at radius 2 is 1.65 bits per heavy atom. The van der Waals surface area contributed by atoms with Crippen molar-refractivity contribution in [1.29, 1.82) is 0 Å². The van der Waals surface area contributed by atoms with Gasteiger partial charge in [-0.15, -0.1) is 0 Å². The molecule has 3 heterocycles. The van der Waals surface area contributed by atoms with Crippen LogP contribution in [-0.2, 0) is 32.6 Å². The summed E-state index contributed by atoms with van der Waals surface area (Å²) >= 11 is 0. The minimum Gasteiger partial charge on any atom is -0.504 e. The summed E-state index contributed by atoms with van der Waals surface area (Å²) in [6.45, 7) is 1.85. The Kier molecular flexibility index (Phi) is 7.16. The topological polar surface area (TPSA) is 205 Å². The number of rotatable bonds is 6. The van der Waals surface area contributed by atoms with E-state index in [4.69, 9.17) is 25.2 Å². The predicted octanol–water partition coefficient (Wildman–Crippen LogP) is 0.427. The number of aliphatic hydroxyl groups is 3. The first-order valence-corrected chi connectivity index (χ1v) is 15.6. The second-order valence-electron chi connectivity index (χ2n) is 13.4. The Morgan fingerprint density at radius 1 is 0.957 bits per heavy atom. The summed E-state index contributed by atoms with van der Waals surface area (Å²) in [6, 6.07) is 10.5. The second-order valence-corrected chi connectivity index (χ2v) is 13.4. The van der Waals surface area contributed by atoms with E-state index in [1.54, 1.807) is 12.1 Å². The van der Waals surface area contributed by atoms with Crippen molar-refractivity contribution in [1.82, 2.24) is 9.80 Å². The molecule has 2 aromatic rings. The Morgan fingerprint density at radius 3 is 2.33 bits per heavy atom. The fourth-order valence-corrected chi connectivity index (χ4v) is 8.70. The average molecular weight is 637 g/mol. The van der Waals surface area contributed by atoms with Crippen LogP contribution >= 0.6 is 0 Å². The quantitative estimate of drug-likeness (QED) is 0.239. The number of carboxylic acid groups (broad SMARTS) is 2. The second kappa shape index (κ2) is 10.8. The molecule has 3 aliphatic carbocycles. The molecule has 2 amide bonds. The van der Waals surface area contributed by atoms with Crippen molar-refractivity contribution in [2.75, 3.05) is 13.1 Å². The van der Waals surface area contributed by atoms with Crippen molar-refractivity contribution in [2.45, 2.75) is 86.4 Å². The fraction of sp³-hybridized carbons (Fsp3) is 0.515. The molecule has 46 heavy (non-hydrogen) atoms. The lowest BCUT2D eigenvalue weighted by Gasteiger charge is -2.64. The third kappa shape index (κ3) is 4.36. The highest BCUT2D eigenvalue weighted by Crippen LogP contribution is 2.66. The van der Waals surface area contributed by atoms with E-state index < -0.39 is 47.3 Å². The molecule has 0 aromatic heterocycles. The molecule has 2 saturated carbocycles. The van der Waals surface area contributed by atoms with Gasteiger partial charge in [-0.3, -0.25) is 19.4 Å². The maximum absolute atomic E-state index is 13.7. The van der Waals surface area contributed by atoms with E-state index in [-0.39, 0.29) is 30.0 Å². The maximum atomic E-state index is 13.7. The lowest BCUT2D eigenvalue weighted by Crippen LogP contribution is -2.78. The van der Waals surface area contributed by atoms with Crippen molar-refractivity contribution in [3.8, 4) is 11.5 Å². The number of phenols is 1. The first kappa shape index (κ1) is 30.6. The van der Waals surface area contributed by atoms with Gasteiger partial charge in [-0.05, 0) is 74.2 Å². The molecule has 3 unspecified atom stereocenters. The third-order valence-electron chi connectivity index (χ3n) is 10.9. The molecule has 2 bridgehead atoms. The molecule has 3 aliphatic heterocycles. The van der Waals surface area contributed by atoms with Gasteiger partial charge in [-0.25, -0.2) is 9.59 Å². The Balaban J connectivity index is 0.000000296. The molecule has 0 radical (unpaired) electrons. The number of piperidine rings is 1. The number of nitrogens with zero attached hydrogens (tertiary/aromatic N) is 2. The summed E-state index contributed by atoms with van der Waals surface area (Å²) in [7, 11) is 0. The summed E-state index contributed by atoms with van der Waals surface area (Å²) < 4.78 is 6.58. The summed E-state index contributed by atoms with van der Waals surface area (Å²) in [5.41, 5.74) is 1.57. The molecular weight excluding hydrogens is 600 g/mol. The van der Waals surface area contributed by atoms with Gasteiger partial charge < -0.3 is 35.4 Å². The molecule has 6 aliphatic rings. The number of ether oxygens (including phenoxy) is 1. The van der Waals surface area contributed by atoms with E-state index in [0.29, 0.717) is 30.6 Å². The van der Waals surface area contributed by atoms with Gasteiger partial charge >= 0.3 is 11.9 Å². The monoisotopic (exact) mass is 636 g/mol. The van der Waals surface area contributed by atoms with Crippen LogP contribution in [0.5, 0.6) is 11.5 Å². The SMILES string of the molecule is O=C(O)C(O)C(O)C(=O)O.O=C1Cc2ccccc2C(=O)N1[C@@H]1CCC2(O)[C@H]3Cc4ccc(O)c5c4[C@@]2(CCN3CC2CC2)[C@H]1O5. The van der Waals surface area contributed by atoms with Gasteiger partial charge in [0.2, 0.25) is 5.91 Å². The summed E-state index contributed by atoms with van der Waals surface area (Å²) in [5.74, 6) is -2.81. The zero-order valence-corrected chi connectivity index (χ0v) is 24.9. The molecule has 13 nitrogen and oxygen atoms in total. The van der Waals surface area contributed by atoms with Crippen LogP contribution in [0.4, 0.5) is 0 Å². The van der Waals surface area contributed by atoms with E-state index in [1.807, 2.05) is 24.3 Å². The number of aliphatic hydroxyl groups excluding tert-OH is 2. The first-order chi connectivity index (χ1) is 21.9. The minimum absolute atomic E-state index is 0.0321. The van der Waals surface area contributed by atoms with E-state index in [9.17, 15) is 29.4 Å². The zero-order valence-electron chi connectivity index (χ0n) is 24.9. The Hall–Kier alpha value is -4.04. The number of amides is 2. The molecule has 1 saturated heterocycles. The number of carbonyl (C=O) groups excluding carboxylic acids is 2. The van der Waals surface area contributed by atoms with E-state index in [0.717, 1.165) is 42.1 Å². The number of fused-ring (bicyclic) bond motifs is 1. The number of benzene rings is 2. The normalized spacial score (nSPS) is 31.9. The molecule has 6 N–H and O–H groups in total. The number of hydrogen-bond donors (Lipinski definition) is 6. The minimum atomic E-state index is -2.27. The highest BCUT2D eigenvalue weighted by Gasteiger charge is 2.74. The molecule has 2 aromatic carbocycles. The third-order valence-corrected chi connectivity index (χ3v) is 10.9. The number of aromatic hydroxyl groups is 1. The van der Waals surface area contributed by atoms with Crippen LogP contribution in [0.15, 0.2) is 36.4 Å². The number of likely N-dealkylation sites (tertiary alicyclic amines) is 1. The molecule has 7 atom stereocenters. The summed E-state index contributed by atoms with van der Waals surface area (Å²) in [4.78, 5) is 50.5. The van der Waals surface area contributed by atoms with Crippen molar-refractivity contribution in [3.63, 3.8) is 0 Å². The van der Waals surface area contributed by atoms with Crippen LogP contribution in [-0.4, -0.2) is 113 Å². The van der Waals surface area contributed by atoms with Crippen LogP contribution in [0.3, 0.4) is 0 Å². The highest BCUT2D eigenvalue weighted by atomic mass is 16.5. The largest absolute Gasteiger partial charge is 0.504 e. The molecule has 3 fully saturated rings. The molecule has 8 rings (SSSR count). The standard InChI is InChI=1S/C29H30N2O5.C4H6O6/c32-21-8-7-18-13-22-29(35)10-9-20(31-23(33)14-17-3-1-2-4-19(17)27(31)34)26-28(29,24(18)25(21)36-26)11-12-30(22)15-16-5-6-16;5-1(3(7)8)2(6)4(9)10/h1-4,7-8,16,20,22,26,32,35H,5-6,9-15H2;1-2,5-6H,(H,7,8)(H,9,10)/t20-,22-,26+,28+,29?;/m1./s1. The number of imide groups is 1. The molecule has 244 valence electrons. The van der Waals surface area contributed by atoms with Crippen molar-refractivity contribution in [2.24, 2.45) is 5.92 Å². The van der Waals surface area contributed by atoms with Gasteiger partial charge in [0.1, 0.15) is 6.10 Å². The average Bonchev–Trinajstić information content (AvgIpc) is 3.77. The number of carboxylic acids is 2. The smallest absolute Gasteiger partial charge is 0.335 e. The van der Waals surface area contributed by atoms with Crippen molar-refractivity contribution >= 4 is 23.8 Å². The van der Waals surface area contributed by atoms with E-state index in [1.165, 1.54) is 17.7 Å². The number of carbonyl (C=O) groups is 4. The Bertz CT molecular complexity index is 1620. The van der Waals surface area contributed by atoms with E-state index in [2.05, 4.69) is 4.90 Å². The summed E-state index contributed by atoms with van der Waals surface area (Å²) in [6.07, 6.45) is -0.0165. The van der Waals surface area contributed by atoms with Crippen molar-refractivity contribution < 1.29 is 54.6 Å². The van der Waals surface area contributed by atoms with Crippen LogP contribution < -0.4 is 4.74 Å². The highest BCUT2D eigenvalue weighted by molar-refractivity contribution is 6.10. The van der Waals surface area contributed by atoms with E-state index >= 15 is 0 Å². The summed E-state index contributed by atoms with van der Waals surface area (Å²) in [5, 5.41) is 56.0. The van der Waals surface area contributed by atoms with Gasteiger partial charge in [-0.1, -0.05) is 24.3 Å². The van der Waals surface area contributed by atoms with Crippen LogP contribution in [0.25, 0.3) is 0 Å². The van der Waals surface area contributed by atoms with Gasteiger partial charge in [0.05, 0.1) is 23.5 Å². The van der Waals surface area contributed by atoms with Gasteiger partial charge in [0.15, 0.2) is 23.7 Å². The predicted molar refractivity (Wildman–Crippen MR) is 157 cm³/mol. The number of hydrogen-bond acceptors (Lipinski definition) is 10. The Labute approximate surface area is 263 Å². The zero-order chi connectivity index (χ0) is 32.7. The van der Waals surface area contributed by atoms with Crippen LogP contribution in [0.2, 0.25) is 0 Å². The molecule has 1 spiro atoms. The van der Waals surface area contributed by atoms with Crippen LogP contribution in [0.1, 0.15) is 59.2 Å². The lowest BCUT2D eigenvalue weighted by molar-refractivity contribution is -0.199. The fourth-order valence-electron chi connectivity index (χ4n) is 8.70. The van der Waals surface area contributed by atoms with Crippen LogP contribution in [0, 0.1) is 5.92 Å². The number of aliphatic carboxylic acids is 2. The van der Waals surface area contributed by atoms with Gasteiger partial charge in [0, 0.05) is 23.7 Å². The number of phenolic OH excluding ortho intramolecular Hbond substituents is 1. The van der Waals surface area contributed by atoms with Gasteiger partial charge in [0.25, 0.3) is 5.91 Å². The lowest BCUT2D eigenvalue weighted by atomic mass is 9.48. The maximum Gasteiger partial charge on any atom is 0.335 e. The van der Waals surface area contributed by atoms with Gasteiger partial charge in [-0.2, -0.15) is 0 Å².